The van der Waals surface area contributed by atoms with Crippen LogP contribution in [0.3, 0.4) is 0 Å². The molecule has 1 fully saturated rings. The standard InChI is InChI=1S/C14H25NO2/c1-14(5-6-16,10-17-2)15-9-13-8-11-3-4-12(13)7-11/h3-4,11-13,15-16H,5-10H2,1-2H3/t11-,12-,13-,14-/m0/s1. The van der Waals surface area contributed by atoms with Crippen LogP contribution >= 0.6 is 0 Å². The molecule has 0 heterocycles. The summed E-state index contributed by atoms with van der Waals surface area (Å²) in [5.74, 6) is 2.40. The molecule has 0 aliphatic heterocycles. The molecule has 98 valence electrons. The topological polar surface area (TPSA) is 41.5 Å². The molecule has 0 aromatic rings. The summed E-state index contributed by atoms with van der Waals surface area (Å²) in [5, 5.41) is 12.7. The zero-order valence-corrected chi connectivity index (χ0v) is 11.0. The third kappa shape index (κ3) is 3.09. The lowest BCUT2D eigenvalue weighted by atomic mass is 9.91. The second-order valence-corrected chi connectivity index (χ2v) is 5.89. The number of aliphatic hydroxyl groups is 1. The summed E-state index contributed by atoms with van der Waals surface area (Å²) in [6, 6.07) is 0. The third-order valence-electron chi connectivity index (χ3n) is 4.33. The van der Waals surface area contributed by atoms with Crippen molar-refractivity contribution >= 4 is 0 Å². The van der Waals surface area contributed by atoms with E-state index in [0.717, 1.165) is 30.7 Å². The Balaban J connectivity index is 1.81. The molecule has 2 N–H and O–H groups in total. The number of methoxy groups -OCH3 is 1. The van der Waals surface area contributed by atoms with Gasteiger partial charge in [-0.3, -0.25) is 0 Å². The van der Waals surface area contributed by atoms with Crippen molar-refractivity contribution in [3.05, 3.63) is 12.2 Å². The van der Waals surface area contributed by atoms with Crippen LogP contribution in [0.2, 0.25) is 0 Å². The maximum atomic E-state index is 9.12. The van der Waals surface area contributed by atoms with Crippen LogP contribution in [-0.4, -0.2) is 37.5 Å². The van der Waals surface area contributed by atoms with Crippen molar-refractivity contribution in [2.45, 2.75) is 31.7 Å². The van der Waals surface area contributed by atoms with Crippen molar-refractivity contribution in [2.24, 2.45) is 17.8 Å². The molecular formula is C14H25NO2. The number of nitrogens with one attached hydrogen (secondary N) is 1. The molecular weight excluding hydrogens is 214 g/mol. The normalized spacial score (nSPS) is 34.2. The van der Waals surface area contributed by atoms with E-state index in [9.17, 15) is 0 Å². The van der Waals surface area contributed by atoms with Gasteiger partial charge in [0.1, 0.15) is 0 Å². The number of fused-ring (bicyclic) bond motifs is 2. The molecule has 2 aliphatic carbocycles. The first-order valence-corrected chi connectivity index (χ1v) is 6.70. The predicted octanol–water partition coefficient (Wildman–Crippen LogP) is 1.58. The van der Waals surface area contributed by atoms with E-state index in [1.807, 2.05) is 0 Å². The fraction of sp³-hybridized carbons (Fsp3) is 0.857. The van der Waals surface area contributed by atoms with Gasteiger partial charge in [-0.15, -0.1) is 0 Å². The fourth-order valence-electron chi connectivity index (χ4n) is 3.28. The van der Waals surface area contributed by atoms with Gasteiger partial charge in [0.15, 0.2) is 0 Å². The number of hydrogen-bond donors (Lipinski definition) is 2. The van der Waals surface area contributed by atoms with Gasteiger partial charge in [0.05, 0.1) is 6.61 Å². The highest BCUT2D eigenvalue weighted by molar-refractivity contribution is 5.10. The Morgan fingerprint density at radius 2 is 2.24 bits per heavy atom. The summed E-state index contributed by atoms with van der Waals surface area (Å²) in [7, 11) is 1.72. The van der Waals surface area contributed by atoms with E-state index in [0.29, 0.717) is 6.61 Å². The lowest BCUT2D eigenvalue weighted by Crippen LogP contribution is -2.49. The van der Waals surface area contributed by atoms with Crippen molar-refractivity contribution in [1.82, 2.24) is 5.32 Å². The first-order chi connectivity index (χ1) is 8.17. The average Bonchev–Trinajstić information content (AvgIpc) is 2.89. The van der Waals surface area contributed by atoms with Crippen LogP contribution in [0.1, 0.15) is 26.2 Å². The van der Waals surface area contributed by atoms with E-state index in [1.165, 1.54) is 12.8 Å². The van der Waals surface area contributed by atoms with Crippen LogP contribution in [0.25, 0.3) is 0 Å². The minimum absolute atomic E-state index is 0.0882. The van der Waals surface area contributed by atoms with Crippen LogP contribution in [0.15, 0.2) is 12.2 Å². The summed E-state index contributed by atoms with van der Waals surface area (Å²) in [4.78, 5) is 0. The van der Waals surface area contributed by atoms with E-state index >= 15 is 0 Å². The smallest absolute Gasteiger partial charge is 0.0642 e. The molecule has 2 aliphatic rings. The highest BCUT2D eigenvalue weighted by Crippen LogP contribution is 2.43. The molecule has 0 aromatic heterocycles. The highest BCUT2D eigenvalue weighted by atomic mass is 16.5. The lowest BCUT2D eigenvalue weighted by molar-refractivity contribution is 0.0940. The van der Waals surface area contributed by atoms with Gasteiger partial charge in [-0.1, -0.05) is 12.2 Å². The van der Waals surface area contributed by atoms with Crippen molar-refractivity contribution in [2.75, 3.05) is 26.9 Å². The molecule has 0 saturated heterocycles. The van der Waals surface area contributed by atoms with Crippen molar-refractivity contribution in [3.63, 3.8) is 0 Å². The van der Waals surface area contributed by atoms with Crippen LogP contribution in [0.4, 0.5) is 0 Å². The molecule has 1 saturated carbocycles. The Morgan fingerprint density at radius 3 is 2.76 bits per heavy atom. The second-order valence-electron chi connectivity index (χ2n) is 5.89. The molecule has 17 heavy (non-hydrogen) atoms. The summed E-state index contributed by atoms with van der Waals surface area (Å²) in [6.07, 6.45) is 8.20. The second kappa shape index (κ2) is 5.51. The zero-order chi connectivity index (χ0) is 12.3. The number of ether oxygens (including phenoxy) is 1. The lowest BCUT2D eigenvalue weighted by Gasteiger charge is -2.32. The van der Waals surface area contributed by atoms with Crippen LogP contribution in [0.5, 0.6) is 0 Å². The Bertz CT molecular complexity index is 271. The van der Waals surface area contributed by atoms with Gasteiger partial charge in [0, 0.05) is 19.3 Å². The van der Waals surface area contributed by atoms with Gasteiger partial charge in [0.2, 0.25) is 0 Å². The van der Waals surface area contributed by atoms with Gasteiger partial charge in [-0.05, 0) is 50.5 Å². The Hall–Kier alpha value is -0.380. The molecule has 4 atom stereocenters. The van der Waals surface area contributed by atoms with Gasteiger partial charge >= 0.3 is 0 Å². The minimum Gasteiger partial charge on any atom is -0.396 e. The Morgan fingerprint density at radius 1 is 1.41 bits per heavy atom. The third-order valence-corrected chi connectivity index (χ3v) is 4.33. The van der Waals surface area contributed by atoms with E-state index in [4.69, 9.17) is 9.84 Å². The van der Waals surface area contributed by atoms with Crippen molar-refractivity contribution < 1.29 is 9.84 Å². The van der Waals surface area contributed by atoms with Crippen molar-refractivity contribution in [1.29, 1.82) is 0 Å². The number of aliphatic hydroxyl groups excluding tert-OH is 1. The molecule has 2 bridgehead atoms. The molecule has 2 rings (SSSR count). The predicted molar refractivity (Wildman–Crippen MR) is 68.8 cm³/mol. The molecule has 0 radical (unpaired) electrons. The zero-order valence-electron chi connectivity index (χ0n) is 11.0. The summed E-state index contributed by atoms with van der Waals surface area (Å²) in [6.45, 7) is 4.05. The van der Waals surface area contributed by atoms with E-state index in [1.54, 1.807) is 7.11 Å². The van der Waals surface area contributed by atoms with Crippen molar-refractivity contribution in [3.8, 4) is 0 Å². The number of rotatable bonds is 7. The van der Waals surface area contributed by atoms with Gasteiger partial charge in [-0.2, -0.15) is 0 Å². The number of allylic oxidation sites excluding steroid dienone is 2. The minimum atomic E-state index is -0.0882. The molecule has 3 heteroatoms. The quantitative estimate of drug-likeness (QED) is 0.663. The molecule has 0 aromatic carbocycles. The highest BCUT2D eigenvalue weighted by Gasteiger charge is 2.36. The largest absolute Gasteiger partial charge is 0.396 e. The van der Waals surface area contributed by atoms with E-state index in [-0.39, 0.29) is 12.1 Å². The number of hydrogen-bond acceptors (Lipinski definition) is 3. The van der Waals surface area contributed by atoms with Crippen LogP contribution in [-0.2, 0) is 4.74 Å². The average molecular weight is 239 g/mol. The van der Waals surface area contributed by atoms with E-state index < -0.39 is 0 Å². The fourth-order valence-corrected chi connectivity index (χ4v) is 3.28. The first kappa shape index (κ1) is 13.1. The summed E-state index contributed by atoms with van der Waals surface area (Å²) < 4.78 is 5.25. The first-order valence-electron chi connectivity index (χ1n) is 6.70. The van der Waals surface area contributed by atoms with E-state index in [2.05, 4.69) is 24.4 Å². The monoisotopic (exact) mass is 239 g/mol. The molecule has 0 amide bonds. The van der Waals surface area contributed by atoms with Gasteiger partial charge in [0.25, 0.3) is 0 Å². The maximum absolute atomic E-state index is 9.12. The molecule has 3 nitrogen and oxygen atoms in total. The summed E-state index contributed by atoms with van der Waals surface area (Å²) in [5.41, 5.74) is -0.0882. The van der Waals surface area contributed by atoms with Crippen LogP contribution < -0.4 is 5.32 Å². The Kier molecular flexibility index (Phi) is 4.23. The van der Waals surface area contributed by atoms with Gasteiger partial charge < -0.3 is 15.2 Å². The molecule has 0 spiro atoms. The Labute approximate surface area is 104 Å². The van der Waals surface area contributed by atoms with Crippen LogP contribution in [0, 0.1) is 17.8 Å². The molecule has 0 unspecified atom stereocenters. The van der Waals surface area contributed by atoms with Gasteiger partial charge in [-0.25, -0.2) is 0 Å². The SMILES string of the molecule is COC[C@](C)(CCO)NC[C@@H]1C[C@H]2C=C[C@H]1C2. The summed E-state index contributed by atoms with van der Waals surface area (Å²) >= 11 is 0. The maximum Gasteiger partial charge on any atom is 0.0642 e.